The molecule has 1 aromatic heterocycles. The van der Waals surface area contributed by atoms with Gasteiger partial charge in [-0.2, -0.15) is 0 Å². The molecule has 3 aromatic rings. The molecule has 0 spiro atoms. The van der Waals surface area contributed by atoms with Gasteiger partial charge in [-0.15, -0.1) is 0 Å². The molecular weight excluding hydrogens is 460 g/mol. The van der Waals surface area contributed by atoms with Crippen molar-refractivity contribution in [3.05, 3.63) is 68.5 Å². The normalized spacial score (nSPS) is 18.4. The summed E-state index contributed by atoms with van der Waals surface area (Å²) in [4.78, 5) is 31.2. The van der Waals surface area contributed by atoms with Gasteiger partial charge in [0, 0.05) is 31.2 Å². The first kappa shape index (κ1) is 22.7. The maximum Gasteiger partial charge on any atom is 0.290 e. The number of morpholine rings is 1. The second-order valence-electron chi connectivity index (χ2n) is 8.28. The molecule has 5 rings (SSSR count). The molecule has 1 atom stereocenters. The van der Waals surface area contributed by atoms with Gasteiger partial charge in [-0.1, -0.05) is 17.7 Å². The van der Waals surface area contributed by atoms with Gasteiger partial charge >= 0.3 is 0 Å². The van der Waals surface area contributed by atoms with Crippen molar-refractivity contribution < 1.29 is 23.4 Å². The Bertz CT molecular complexity index is 1300. The van der Waals surface area contributed by atoms with Crippen LogP contribution in [0.3, 0.4) is 0 Å². The van der Waals surface area contributed by atoms with Crippen molar-refractivity contribution in [3.63, 3.8) is 0 Å². The molecule has 0 unspecified atom stereocenters. The molecule has 2 aliphatic rings. The van der Waals surface area contributed by atoms with Crippen LogP contribution in [-0.2, 0) is 4.74 Å². The van der Waals surface area contributed by atoms with E-state index in [4.69, 9.17) is 30.2 Å². The number of ether oxygens (including phenoxy) is 3. The third-order valence-corrected chi connectivity index (χ3v) is 6.65. The Morgan fingerprint density at radius 3 is 2.50 bits per heavy atom. The van der Waals surface area contributed by atoms with Gasteiger partial charge in [-0.3, -0.25) is 14.5 Å². The number of carbonyl (C=O) groups is 1. The summed E-state index contributed by atoms with van der Waals surface area (Å²) in [5.74, 6) is 0.842. The van der Waals surface area contributed by atoms with Crippen LogP contribution in [0.15, 0.2) is 45.6 Å². The molecule has 0 saturated carbocycles. The summed E-state index contributed by atoms with van der Waals surface area (Å²) in [5, 5.41) is 0.774. The molecule has 1 saturated heterocycles. The monoisotopic (exact) mass is 484 g/mol. The molecule has 2 aromatic carbocycles. The summed E-state index contributed by atoms with van der Waals surface area (Å²) in [7, 11) is 3.11. The van der Waals surface area contributed by atoms with Crippen LogP contribution in [-0.4, -0.2) is 69.3 Å². The molecular formula is C25H25ClN2O6. The van der Waals surface area contributed by atoms with Gasteiger partial charge in [0.05, 0.1) is 44.4 Å². The third kappa shape index (κ3) is 3.91. The molecule has 3 heterocycles. The van der Waals surface area contributed by atoms with Gasteiger partial charge < -0.3 is 23.5 Å². The predicted molar refractivity (Wildman–Crippen MR) is 127 cm³/mol. The van der Waals surface area contributed by atoms with Crippen LogP contribution in [0, 0.1) is 0 Å². The van der Waals surface area contributed by atoms with Crippen molar-refractivity contribution in [2.45, 2.75) is 6.04 Å². The SMILES string of the molecule is COc1ccc([C@@H]2c3c(oc4ccc(Cl)cc4c3=O)C(=O)N2CCN2CCOCC2)cc1OC. The maximum atomic E-state index is 13.7. The minimum Gasteiger partial charge on any atom is -0.493 e. The quantitative estimate of drug-likeness (QED) is 0.530. The first-order valence-corrected chi connectivity index (χ1v) is 11.5. The van der Waals surface area contributed by atoms with Crippen LogP contribution in [0.1, 0.15) is 27.7 Å². The third-order valence-electron chi connectivity index (χ3n) is 6.41. The van der Waals surface area contributed by atoms with Crippen molar-refractivity contribution in [3.8, 4) is 11.5 Å². The topological polar surface area (TPSA) is 81.5 Å². The zero-order chi connectivity index (χ0) is 23.8. The van der Waals surface area contributed by atoms with Crippen molar-refractivity contribution in [2.24, 2.45) is 0 Å². The standard InChI is InChI=1S/C25H25ClN2O6/c1-31-19-5-3-15(13-20(19)32-2)22-21-23(29)17-14-16(26)4-6-18(17)34-24(21)25(30)28(22)8-7-27-9-11-33-12-10-27/h3-6,13-14,22H,7-12H2,1-2H3/t22-/m1/s1. The maximum absolute atomic E-state index is 13.7. The first-order chi connectivity index (χ1) is 16.5. The molecule has 0 bridgehead atoms. The molecule has 0 aliphatic carbocycles. The lowest BCUT2D eigenvalue weighted by molar-refractivity contribution is 0.0314. The average molecular weight is 485 g/mol. The highest BCUT2D eigenvalue weighted by molar-refractivity contribution is 6.31. The molecule has 34 heavy (non-hydrogen) atoms. The Morgan fingerprint density at radius 2 is 1.76 bits per heavy atom. The highest BCUT2D eigenvalue weighted by atomic mass is 35.5. The van der Waals surface area contributed by atoms with Gasteiger partial charge in [-0.25, -0.2) is 0 Å². The fourth-order valence-electron chi connectivity index (χ4n) is 4.67. The van der Waals surface area contributed by atoms with Gasteiger partial charge in [-0.05, 0) is 35.9 Å². The van der Waals surface area contributed by atoms with E-state index >= 15 is 0 Å². The van der Waals surface area contributed by atoms with Crippen LogP contribution < -0.4 is 14.9 Å². The Balaban J connectivity index is 1.63. The van der Waals surface area contributed by atoms with Crippen LogP contribution in [0.2, 0.25) is 5.02 Å². The molecule has 0 radical (unpaired) electrons. The summed E-state index contributed by atoms with van der Waals surface area (Å²) in [6.07, 6.45) is 0. The largest absolute Gasteiger partial charge is 0.493 e. The van der Waals surface area contributed by atoms with E-state index in [-0.39, 0.29) is 17.1 Å². The van der Waals surface area contributed by atoms with E-state index in [1.165, 1.54) is 0 Å². The number of carbonyl (C=O) groups excluding carboxylic acids is 1. The van der Waals surface area contributed by atoms with E-state index in [0.717, 1.165) is 18.7 Å². The lowest BCUT2D eigenvalue weighted by atomic mass is 9.98. The highest BCUT2D eigenvalue weighted by Crippen LogP contribution is 2.41. The number of rotatable bonds is 6. The summed E-state index contributed by atoms with van der Waals surface area (Å²) >= 11 is 6.16. The van der Waals surface area contributed by atoms with Crippen molar-refractivity contribution >= 4 is 28.5 Å². The zero-order valence-corrected chi connectivity index (χ0v) is 19.8. The van der Waals surface area contributed by atoms with Crippen LogP contribution in [0.5, 0.6) is 11.5 Å². The number of amides is 1. The number of methoxy groups -OCH3 is 2. The molecule has 9 heteroatoms. The molecule has 1 fully saturated rings. The van der Waals surface area contributed by atoms with E-state index in [1.54, 1.807) is 49.5 Å². The average Bonchev–Trinajstić information content (AvgIpc) is 3.15. The van der Waals surface area contributed by atoms with Crippen LogP contribution in [0.4, 0.5) is 0 Å². The highest BCUT2D eigenvalue weighted by Gasteiger charge is 2.43. The minimum absolute atomic E-state index is 0.0709. The predicted octanol–water partition coefficient (Wildman–Crippen LogP) is 3.34. The fraction of sp³-hybridized carbons (Fsp3) is 0.360. The number of fused-ring (bicyclic) bond motifs is 2. The second-order valence-corrected chi connectivity index (χ2v) is 8.72. The number of halogens is 1. The Kier molecular flexibility index (Phi) is 6.20. The number of hydrogen-bond acceptors (Lipinski definition) is 7. The fourth-order valence-corrected chi connectivity index (χ4v) is 4.84. The smallest absolute Gasteiger partial charge is 0.290 e. The van der Waals surface area contributed by atoms with Crippen LogP contribution >= 0.6 is 11.6 Å². The summed E-state index contributed by atoms with van der Waals surface area (Å²) in [6.45, 7) is 4.02. The van der Waals surface area contributed by atoms with Crippen molar-refractivity contribution in [1.29, 1.82) is 0 Å². The van der Waals surface area contributed by atoms with Gasteiger partial charge in [0.2, 0.25) is 5.76 Å². The van der Waals surface area contributed by atoms with E-state index in [9.17, 15) is 9.59 Å². The first-order valence-electron chi connectivity index (χ1n) is 11.1. The van der Waals surface area contributed by atoms with Crippen LogP contribution in [0.25, 0.3) is 11.0 Å². The Hall–Kier alpha value is -3.07. The van der Waals surface area contributed by atoms with E-state index in [1.807, 2.05) is 6.07 Å². The number of hydrogen-bond donors (Lipinski definition) is 0. The minimum atomic E-state index is -0.622. The van der Waals surface area contributed by atoms with Crippen molar-refractivity contribution in [1.82, 2.24) is 9.80 Å². The molecule has 0 N–H and O–H groups in total. The van der Waals surface area contributed by atoms with E-state index < -0.39 is 6.04 Å². The molecule has 8 nitrogen and oxygen atoms in total. The lowest BCUT2D eigenvalue weighted by Gasteiger charge is -2.31. The Morgan fingerprint density at radius 1 is 1.00 bits per heavy atom. The summed E-state index contributed by atoms with van der Waals surface area (Å²) in [5.41, 5.74) is 1.12. The van der Waals surface area contributed by atoms with Gasteiger partial charge in [0.1, 0.15) is 5.58 Å². The molecule has 1 amide bonds. The molecule has 2 aliphatic heterocycles. The van der Waals surface area contributed by atoms with Gasteiger partial charge in [0.15, 0.2) is 16.9 Å². The van der Waals surface area contributed by atoms with E-state index in [0.29, 0.717) is 59.4 Å². The number of nitrogens with zero attached hydrogens (tertiary/aromatic N) is 2. The Labute approximate surface area is 201 Å². The summed E-state index contributed by atoms with van der Waals surface area (Å²) < 4.78 is 22.3. The van der Waals surface area contributed by atoms with Gasteiger partial charge in [0.25, 0.3) is 5.91 Å². The molecule has 178 valence electrons. The second kappa shape index (κ2) is 9.29. The van der Waals surface area contributed by atoms with Crippen molar-refractivity contribution in [2.75, 3.05) is 53.6 Å². The number of benzene rings is 2. The lowest BCUT2D eigenvalue weighted by Crippen LogP contribution is -2.42. The zero-order valence-electron chi connectivity index (χ0n) is 19.0. The van der Waals surface area contributed by atoms with E-state index in [2.05, 4.69) is 4.90 Å². The summed E-state index contributed by atoms with van der Waals surface area (Å²) in [6, 6.07) is 9.64.